The summed E-state index contributed by atoms with van der Waals surface area (Å²) in [5.41, 5.74) is 3.51. The number of carboxylic acid groups (broad SMARTS) is 1. The van der Waals surface area contributed by atoms with Gasteiger partial charge < -0.3 is 51.7 Å². The topological polar surface area (TPSA) is 234 Å². The summed E-state index contributed by atoms with van der Waals surface area (Å²) >= 11 is 0. The Morgan fingerprint density at radius 2 is 1.87 bits per heavy atom. The van der Waals surface area contributed by atoms with Crippen molar-refractivity contribution in [3.05, 3.63) is 0 Å². The van der Waals surface area contributed by atoms with E-state index < -0.39 is 79.1 Å². The summed E-state index contributed by atoms with van der Waals surface area (Å²) in [4.78, 5) is 34.3. The van der Waals surface area contributed by atoms with Crippen LogP contribution in [0.25, 0.3) is 0 Å². The average molecular weight is 460 g/mol. The molecule has 2 unspecified atom stereocenters. The van der Waals surface area contributed by atoms with Gasteiger partial charge in [-0.3, -0.25) is 14.4 Å². The molecular weight excluding hydrogens is 432 g/mol. The first kappa shape index (κ1) is 27.0. The van der Waals surface area contributed by atoms with E-state index in [0.29, 0.717) is 0 Å². The van der Waals surface area contributed by atoms with Gasteiger partial charge in [0.05, 0.1) is 6.61 Å². The summed E-state index contributed by atoms with van der Waals surface area (Å²) in [6.45, 7) is -0.201. The van der Waals surface area contributed by atoms with Crippen molar-refractivity contribution in [1.29, 1.82) is 0 Å². The highest BCUT2D eigenvalue weighted by molar-refractivity contribution is 5.86. The van der Waals surface area contributed by atoms with Gasteiger partial charge in [0, 0.05) is 13.0 Å². The molecule has 2 amide bonds. The van der Waals surface area contributed by atoms with Crippen molar-refractivity contribution in [2.24, 2.45) is 0 Å². The van der Waals surface area contributed by atoms with Crippen LogP contribution in [-0.2, 0) is 19.1 Å². The molecule has 1 rings (SSSR count). The van der Waals surface area contributed by atoms with E-state index in [-0.39, 0.29) is 12.8 Å². The number of ether oxygens (including phenoxy) is 1. The molecule has 1 fully saturated rings. The van der Waals surface area contributed by atoms with Crippen LogP contribution in [0.5, 0.6) is 0 Å². The van der Waals surface area contributed by atoms with Gasteiger partial charge in [0.1, 0.15) is 30.5 Å². The van der Waals surface area contributed by atoms with Crippen molar-refractivity contribution in [3.63, 3.8) is 0 Å². The van der Waals surface area contributed by atoms with Gasteiger partial charge >= 0.3 is 11.9 Å². The van der Waals surface area contributed by atoms with Crippen molar-refractivity contribution in [2.45, 2.75) is 68.0 Å². The second-order valence-electron chi connectivity index (χ2n) is 7.20. The zero-order chi connectivity index (χ0) is 24.1. The molecule has 0 aliphatic carbocycles. The minimum atomic E-state index is -4.77. The van der Waals surface area contributed by atoms with Crippen molar-refractivity contribution in [2.75, 3.05) is 13.2 Å². The summed E-state index contributed by atoms with van der Waals surface area (Å²) in [6.07, 6.45) is -8.82. The zero-order valence-corrected chi connectivity index (χ0v) is 16.6. The van der Waals surface area contributed by atoms with Crippen molar-refractivity contribution in [3.8, 4) is 0 Å². The van der Waals surface area contributed by atoms with E-state index in [0.717, 1.165) is 0 Å². The second-order valence-corrected chi connectivity index (χ2v) is 7.20. The highest BCUT2D eigenvalue weighted by Crippen LogP contribution is 2.42. The SMILES string of the molecule is C[C@H](NC(=O)[C@@H]([NH3+])CCCNC(=O)C(F)(F)[C@]1(O)O[C@@H]([C@@H](O)CO)C(O)C1O)C(=O)O. The van der Waals surface area contributed by atoms with Crippen LogP contribution in [0.2, 0.25) is 0 Å². The third-order valence-electron chi connectivity index (χ3n) is 4.79. The Hall–Kier alpha value is -2.01. The van der Waals surface area contributed by atoms with Crippen molar-refractivity contribution >= 4 is 17.8 Å². The van der Waals surface area contributed by atoms with E-state index in [2.05, 4.69) is 15.8 Å². The predicted molar refractivity (Wildman–Crippen MR) is 94.0 cm³/mol. The number of nitrogens with one attached hydrogen (secondary N) is 2. The lowest BCUT2D eigenvalue weighted by Gasteiger charge is -2.33. The maximum atomic E-state index is 14.5. The van der Waals surface area contributed by atoms with Gasteiger partial charge in [0.2, 0.25) is 0 Å². The highest BCUT2D eigenvalue weighted by atomic mass is 19.3. The highest BCUT2D eigenvalue weighted by Gasteiger charge is 2.71. The zero-order valence-electron chi connectivity index (χ0n) is 16.6. The van der Waals surface area contributed by atoms with Gasteiger partial charge in [-0.15, -0.1) is 0 Å². The Balaban J connectivity index is 2.63. The summed E-state index contributed by atoms with van der Waals surface area (Å²) in [5.74, 6) is -12.7. The smallest absolute Gasteiger partial charge is 0.379 e. The standard InChI is InChI=1S/C16H27F2N3O10/c1-6(13(27)28)21-12(26)7(19)3-2-4-20-14(29)15(17,18)16(30)11(25)9(24)10(31-16)8(23)5-22/h6-11,22-25,30H,2-5,19H2,1H3,(H,20,29)(H,21,26)(H,27,28)/p+1/t6-,7-,8-,9?,10-,11?,16+/m0/s1. The van der Waals surface area contributed by atoms with Crippen LogP contribution in [0.1, 0.15) is 19.8 Å². The molecule has 0 bridgehead atoms. The summed E-state index contributed by atoms with van der Waals surface area (Å²) in [6, 6.07) is -2.09. The molecule has 0 radical (unpaired) electrons. The molecule has 1 heterocycles. The summed E-state index contributed by atoms with van der Waals surface area (Å²) < 4.78 is 33.4. The third kappa shape index (κ3) is 5.82. The number of aliphatic carboxylic acids is 1. The van der Waals surface area contributed by atoms with Crippen LogP contribution in [0.3, 0.4) is 0 Å². The molecule has 1 aliphatic heterocycles. The minimum Gasteiger partial charge on any atom is -0.480 e. The van der Waals surface area contributed by atoms with E-state index in [1.165, 1.54) is 6.92 Å². The molecule has 15 heteroatoms. The van der Waals surface area contributed by atoms with Gasteiger partial charge in [-0.25, -0.2) is 0 Å². The number of hydrogen-bond donors (Lipinski definition) is 9. The molecule has 0 saturated carbocycles. The van der Waals surface area contributed by atoms with E-state index >= 15 is 0 Å². The van der Waals surface area contributed by atoms with E-state index in [4.69, 9.17) is 10.2 Å². The number of hydrogen-bond acceptors (Lipinski definition) is 9. The van der Waals surface area contributed by atoms with E-state index in [9.17, 15) is 43.6 Å². The molecule has 0 aromatic carbocycles. The maximum absolute atomic E-state index is 14.5. The van der Waals surface area contributed by atoms with Crippen molar-refractivity contribution < 1.29 is 64.3 Å². The van der Waals surface area contributed by atoms with Gasteiger partial charge in [-0.05, 0) is 13.3 Å². The number of aliphatic hydroxyl groups excluding tert-OH is 4. The summed E-state index contributed by atoms with van der Waals surface area (Å²) in [5, 5.41) is 60.5. The Bertz CT molecular complexity index is 670. The largest absolute Gasteiger partial charge is 0.480 e. The predicted octanol–water partition coefficient (Wildman–Crippen LogP) is -5.12. The first-order valence-corrected chi connectivity index (χ1v) is 9.28. The van der Waals surface area contributed by atoms with E-state index in [1.807, 2.05) is 0 Å². The average Bonchev–Trinajstić information content (AvgIpc) is 2.95. The number of alkyl halides is 2. The van der Waals surface area contributed by atoms with E-state index in [1.54, 1.807) is 5.32 Å². The molecule has 7 atom stereocenters. The molecule has 31 heavy (non-hydrogen) atoms. The number of carbonyl (C=O) groups is 3. The summed E-state index contributed by atoms with van der Waals surface area (Å²) in [7, 11) is 0. The van der Waals surface area contributed by atoms with Crippen LogP contribution in [0.4, 0.5) is 8.78 Å². The lowest BCUT2D eigenvalue weighted by atomic mass is 9.97. The molecule has 0 aromatic rings. The number of carbonyl (C=O) groups excluding carboxylic acids is 2. The monoisotopic (exact) mass is 460 g/mol. The van der Waals surface area contributed by atoms with Crippen LogP contribution in [-0.4, -0.2) is 110 Å². The van der Waals surface area contributed by atoms with Gasteiger partial charge in [0.15, 0.2) is 6.04 Å². The number of quaternary nitrogens is 1. The number of halogens is 2. The molecule has 180 valence electrons. The normalized spacial score (nSPS) is 29.1. The van der Waals surface area contributed by atoms with Crippen LogP contribution < -0.4 is 16.4 Å². The molecule has 1 saturated heterocycles. The minimum absolute atomic E-state index is 0.00308. The number of aliphatic hydroxyl groups is 5. The Labute approximate surface area is 174 Å². The first-order valence-electron chi connectivity index (χ1n) is 9.28. The molecule has 13 nitrogen and oxygen atoms in total. The van der Waals surface area contributed by atoms with Crippen molar-refractivity contribution in [1.82, 2.24) is 10.6 Å². The Kier molecular flexibility index (Phi) is 9.19. The van der Waals surface area contributed by atoms with Crippen LogP contribution in [0.15, 0.2) is 0 Å². The molecule has 0 spiro atoms. The molecule has 1 aliphatic rings. The van der Waals surface area contributed by atoms with Gasteiger partial charge in [-0.1, -0.05) is 0 Å². The fraction of sp³-hybridized carbons (Fsp3) is 0.812. The lowest BCUT2D eigenvalue weighted by Crippen LogP contribution is -2.68. The second kappa shape index (κ2) is 10.5. The maximum Gasteiger partial charge on any atom is 0.379 e. The van der Waals surface area contributed by atoms with Crippen LogP contribution >= 0.6 is 0 Å². The fourth-order valence-electron chi connectivity index (χ4n) is 2.78. The third-order valence-corrected chi connectivity index (χ3v) is 4.79. The number of amides is 2. The Morgan fingerprint density at radius 1 is 1.29 bits per heavy atom. The first-order chi connectivity index (χ1) is 14.2. The Morgan fingerprint density at radius 3 is 2.39 bits per heavy atom. The molecular formula is C16H28F2N3O10+. The number of rotatable bonds is 11. The van der Waals surface area contributed by atoms with Gasteiger partial charge in [0.25, 0.3) is 17.6 Å². The van der Waals surface area contributed by atoms with Crippen LogP contribution in [0, 0.1) is 0 Å². The lowest BCUT2D eigenvalue weighted by molar-refractivity contribution is -0.405. The van der Waals surface area contributed by atoms with Gasteiger partial charge in [-0.2, -0.15) is 8.78 Å². The quantitative estimate of drug-likeness (QED) is 0.133. The molecule has 0 aromatic heterocycles. The molecule has 11 N–H and O–H groups in total. The fourth-order valence-corrected chi connectivity index (χ4v) is 2.78. The number of carboxylic acids is 1.